The van der Waals surface area contributed by atoms with Gasteiger partial charge in [-0.05, 0) is 0 Å². The first kappa shape index (κ1) is 22.5. The Bertz CT molecular complexity index is 112. The average Bonchev–Trinajstić information content (AvgIpc) is 1.54. The van der Waals surface area contributed by atoms with Gasteiger partial charge in [0.25, 0.3) is 15.3 Å². The van der Waals surface area contributed by atoms with E-state index in [0.29, 0.717) is 0 Å². The summed E-state index contributed by atoms with van der Waals surface area (Å²) in [6, 6.07) is 0. The Hall–Kier alpha value is -1.69. The van der Waals surface area contributed by atoms with Crippen LogP contribution in [0.1, 0.15) is 0 Å². The summed E-state index contributed by atoms with van der Waals surface area (Å²) in [5.41, 5.74) is 0. The van der Waals surface area contributed by atoms with Crippen LogP contribution in [-0.4, -0.2) is 30.9 Å². The van der Waals surface area contributed by atoms with Gasteiger partial charge in [-0.2, -0.15) is 0 Å². The summed E-state index contributed by atoms with van der Waals surface area (Å²) in [6.45, 7) is 0. The Morgan fingerprint density at radius 3 is 0.692 bits per heavy atom. The van der Waals surface area contributed by atoms with Crippen LogP contribution in [0.3, 0.4) is 0 Å². The van der Waals surface area contributed by atoms with Crippen LogP contribution >= 0.6 is 0 Å². The Balaban J connectivity index is -0.0000000450. The number of rotatable bonds is 0. The van der Waals surface area contributed by atoms with Crippen LogP contribution in [0, 0.1) is 30.3 Å². The van der Waals surface area contributed by atoms with Gasteiger partial charge in [-0.15, -0.1) is 30.3 Å². The molecule has 0 aromatic carbocycles. The summed E-state index contributed by atoms with van der Waals surface area (Å²) < 4.78 is 0. The van der Waals surface area contributed by atoms with E-state index >= 15 is 0 Å². The van der Waals surface area contributed by atoms with Crippen molar-refractivity contribution in [2.24, 2.45) is 0 Å². The Morgan fingerprint density at radius 1 is 0.692 bits per heavy atom. The molecule has 76 valence electrons. The number of hydrogen-bond acceptors (Lipinski definition) is 6. The summed E-state index contributed by atoms with van der Waals surface area (Å²) in [4.78, 5) is 25.1. The maximum atomic E-state index is 8.36. The molecule has 0 rings (SSSR count). The molecule has 12 nitrogen and oxygen atoms in total. The van der Waals surface area contributed by atoms with E-state index in [1.165, 1.54) is 0 Å². The van der Waals surface area contributed by atoms with Crippen molar-refractivity contribution in [3.05, 3.63) is 30.3 Å². The predicted octanol–water partition coefficient (Wildman–Crippen LogP) is -1.05. The van der Waals surface area contributed by atoms with E-state index in [2.05, 4.69) is 0 Å². The van der Waals surface area contributed by atoms with Crippen molar-refractivity contribution in [1.29, 1.82) is 0 Å². The van der Waals surface area contributed by atoms with Gasteiger partial charge in [-0.1, -0.05) is 0 Å². The molecular weight excluding hydrogens is 234 g/mol. The Labute approximate surface area is 83.6 Å². The minimum absolute atomic E-state index is 0. The van der Waals surface area contributed by atoms with E-state index in [-0.39, 0.29) is 21.7 Å². The van der Waals surface area contributed by atoms with Gasteiger partial charge in [0.15, 0.2) is 0 Å². The Kier molecular flexibility index (Phi) is 28.9. The van der Waals surface area contributed by atoms with Crippen molar-refractivity contribution in [1.82, 2.24) is 0 Å². The summed E-state index contributed by atoms with van der Waals surface area (Å²) in [6.07, 6.45) is 0. The zero-order valence-corrected chi connectivity index (χ0v) is 7.19. The first-order chi connectivity index (χ1) is 5.20. The molecule has 0 aliphatic heterocycles. The maximum absolute atomic E-state index is 8.36. The molecule has 0 spiro atoms. The summed E-state index contributed by atoms with van der Waals surface area (Å²) in [5, 5.41) is 40.9. The fraction of sp³-hybridized carbons (Fsp3) is 0. The second-order valence-electron chi connectivity index (χ2n) is 0.714. The molecule has 13 heavy (non-hydrogen) atoms. The van der Waals surface area contributed by atoms with Gasteiger partial charge < -0.3 is 15.6 Å². The van der Waals surface area contributed by atoms with Gasteiger partial charge in [0.05, 0.1) is 0 Å². The van der Waals surface area contributed by atoms with E-state index < -0.39 is 15.3 Å². The average molecular weight is 237 g/mol. The van der Waals surface area contributed by atoms with E-state index in [1.807, 2.05) is 0 Å². The second-order valence-corrected chi connectivity index (χ2v) is 0.714. The molecule has 0 aromatic heterocycles. The SMILES string of the molecule is O=[N+]([O-])O.O=[N+]([O-])O.O=[N+]([O-])O.[Ti]. The van der Waals surface area contributed by atoms with E-state index in [1.54, 1.807) is 0 Å². The van der Waals surface area contributed by atoms with Crippen LogP contribution in [0.2, 0.25) is 0 Å². The zero-order valence-electron chi connectivity index (χ0n) is 5.63. The van der Waals surface area contributed by atoms with Crippen molar-refractivity contribution in [3.8, 4) is 0 Å². The summed E-state index contributed by atoms with van der Waals surface area (Å²) in [5.74, 6) is 0. The molecule has 0 aromatic rings. The fourth-order valence-corrected chi connectivity index (χ4v) is 0. The van der Waals surface area contributed by atoms with Crippen molar-refractivity contribution in [2.75, 3.05) is 0 Å². The summed E-state index contributed by atoms with van der Waals surface area (Å²) in [7, 11) is 0. The molecule has 13 heteroatoms. The van der Waals surface area contributed by atoms with Gasteiger partial charge in [-0.3, -0.25) is 0 Å². The van der Waals surface area contributed by atoms with E-state index in [4.69, 9.17) is 46.0 Å². The summed E-state index contributed by atoms with van der Waals surface area (Å²) >= 11 is 0. The molecule has 0 radical (unpaired) electrons. The van der Waals surface area contributed by atoms with Crippen LogP contribution in [-0.2, 0) is 21.7 Å². The predicted molar refractivity (Wildman–Crippen MR) is 26.3 cm³/mol. The van der Waals surface area contributed by atoms with Crippen LogP contribution in [0.25, 0.3) is 0 Å². The largest absolute Gasteiger partial charge is 0.328 e. The van der Waals surface area contributed by atoms with Gasteiger partial charge >= 0.3 is 0 Å². The fourth-order valence-electron chi connectivity index (χ4n) is 0. The molecular formula is H3N3O9Ti. The molecule has 0 saturated carbocycles. The van der Waals surface area contributed by atoms with Crippen LogP contribution in [0.5, 0.6) is 0 Å². The molecule has 0 fully saturated rings. The maximum Gasteiger partial charge on any atom is 0.291 e. The third-order valence-electron chi connectivity index (χ3n) is 0. The molecule has 3 N–H and O–H groups in total. The van der Waals surface area contributed by atoms with Gasteiger partial charge in [0.1, 0.15) is 0 Å². The first-order valence-electron chi connectivity index (χ1n) is 1.70. The number of nitrogens with zero attached hydrogens (tertiary/aromatic N) is 3. The van der Waals surface area contributed by atoms with Gasteiger partial charge in [0.2, 0.25) is 0 Å². The molecule has 0 amide bonds. The van der Waals surface area contributed by atoms with Crippen molar-refractivity contribution >= 4 is 0 Å². The van der Waals surface area contributed by atoms with Gasteiger partial charge in [0, 0.05) is 21.7 Å². The van der Waals surface area contributed by atoms with Crippen LogP contribution < -0.4 is 0 Å². The van der Waals surface area contributed by atoms with Crippen molar-refractivity contribution in [3.63, 3.8) is 0 Å². The van der Waals surface area contributed by atoms with Crippen LogP contribution in [0.4, 0.5) is 0 Å². The molecule has 0 heterocycles. The Morgan fingerprint density at radius 2 is 0.692 bits per heavy atom. The van der Waals surface area contributed by atoms with Crippen molar-refractivity contribution in [2.45, 2.75) is 0 Å². The van der Waals surface area contributed by atoms with E-state index in [0.717, 1.165) is 0 Å². The molecule has 0 unspecified atom stereocenters. The molecule has 0 bridgehead atoms. The topological polar surface area (TPSA) is 190 Å². The molecule has 0 aliphatic rings. The third kappa shape index (κ3) is 251. The first-order valence-corrected chi connectivity index (χ1v) is 1.70. The van der Waals surface area contributed by atoms with Crippen molar-refractivity contribution < 1.29 is 52.6 Å². The molecule has 0 saturated heterocycles. The number of hydrogen-bond donors (Lipinski definition) is 3. The molecule has 0 atom stereocenters. The minimum Gasteiger partial charge on any atom is -0.328 e. The molecule has 0 aliphatic carbocycles. The van der Waals surface area contributed by atoms with Gasteiger partial charge in [-0.25, -0.2) is 0 Å². The van der Waals surface area contributed by atoms with E-state index in [9.17, 15) is 0 Å². The second kappa shape index (κ2) is 16.7. The normalized spacial score (nSPS) is 5.54. The third-order valence-corrected chi connectivity index (χ3v) is 0. The quantitative estimate of drug-likeness (QED) is 0.268. The smallest absolute Gasteiger partial charge is 0.291 e. The standard InChI is InChI=1S/3HNO3.Ti/c3*2-1(3)4;/h3*(H,2,3,4);. The van der Waals surface area contributed by atoms with Crippen LogP contribution in [0.15, 0.2) is 0 Å². The minimum atomic E-state index is -1.50. The zero-order chi connectivity index (χ0) is 10.7. The monoisotopic (exact) mass is 237 g/mol.